The van der Waals surface area contributed by atoms with Crippen molar-refractivity contribution in [2.75, 3.05) is 6.54 Å². The number of pyridine rings is 1. The van der Waals surface area contributed by atoms with Gasteiger partial charge in [-0.1, -0.05) is 24.2 Å². The molecule has 6 heteroatoms. The zero-order valence-electron chi connectivity index (χ0n) is 13.0. The third-order valence-corrected chi connectivity index (χ3v) is 5.08. The molecule has 1 aliphatic rings. The summed E-state index contributed by atoms with van der Waals surface area (Å²) >= 11 is 1.39. The molecule has 1 aromatic carbocycles. The number of hydrogen-bond acceptors (Lipinski definition) is 4. The largest absolute Gasteiger partial charge is 0.278 e. The van der Waals surface area contributed by atoms with Gasteiger partial charge in [-0.3, -0.25) is 14.5 Å². The van der Waals surface area contributed by atoms with Gasteiger partial charge < -0.3 is 0 Å². The average molecular weight is 344 g/mol. The molecule has 1 atom stereocenters. The molecule has 4 nitrogen and oxygen atoms in total. The van der Waals surface area contributed by atoms with E-state index in [9.17, 15) is 14.0 Å². The minimum Gasteiger partial charge on any atom is -0.278 e. The van der Waals surface area contributed by atoms with Gasteiger partial charge in [0.25, 0.3) is 5.91 Å². The number of carbonyl (C=O) groups is 2. The lowest BCUT2D eigenvalue weighted by Gasteiger charge is -2.22. The van der Waals surface area contributed by atoms with E-state index in [1.807, 2.05) is 18.2 Å². The Balaban J connectivity index is 1.78. The van der Waals surface area contributed by atoms with Crippen LogP contribution in [0, 0.1) is 5.82 Å². The third-order valence-electron chi connectivity index (χ3n) is 3.88. The van der Waals surface area contributed by atoms with Gasteiger partial charge in [0.15, 0.2) is 0 Å². The fourth-order valence-corrected chi connectivity index (χ4v) is 3.71. The zero-order chi connectivity index (χ0) is 16.9. The second kappa shape index (κ2) is 7.57. The molecule has 24 heavy (non-hydrogen) atoms. The fraction of sp³-hybridized carbons (Fsp3) is 0.278. The fourth-order valence-electron chi connectivity index (χ4n) is 2.63. The minimum atomic E-state index is -0.405. The molecule has 1 unspecified atom stereocenters. The van der Waals surface area contributed by atoms with E-state index in [4.69, 9.17) is 0 Å². The number of aromatic nitrogens is 1. The van der Waals surface area contributed by atoms with Gasteiger partial charge in [-0.2, -0.15) is 0 Å². The summed E-state index contributed by atoms with van der Waals surface area (Å²) in [7, 11) is 0. The maximum absolute atomic E-state index is 13.0. The number of rotatable bonds is 3. The number of thioether (sulfide) groups is 1. The molecule has 0 radical (unpaired) electrons. The van der Waals surface area contributed by atoms with Gasteiger partial charge in [-0.05, 0) is 49.2 Å². The highest BCUT2D eigenvalue weighted by Crippen LogP contribution is 2.29. The molecule has 2 amide bonds. The van der Waals surface area contributed by atoms with Crippen LogP contribution in [0.4, 0.5) is 4.39 Å². The first-order chi connectivity index (χ1) is 11.6. The Bertz CT molecular complexity index is 722. The van der Waals surface area contributed by atoms with Crippen molar-refractivity contribution in [2.24, 2.45) is 0 Å². The maximum atomic E-state index is 13.0. The molecule has 2 aromatic rings. The van der Waals surface area contributed by atoms with Crippen LogP contribution in [-0.4, -0.2) is 33.5 Å². The van der Waals surface area contributed by atoms with Crippen molar-refractivity contribution in [1.82, 2.24) is 9.88 Å². The van der Waals surface area contributed by atoms with Gasteiger partial charge in [0.05, 0.1) is 10.3 Å². The van der Waals surface area contributed by atoms with Gasteiger partial charge in [0, 0.05) is 18.3 Å². The van der Waals surface area contributed by atoms with Gasteiger partial charge >= 0.3 is 0 Å². The smallest absolute Gasteiger partial charge is 0.260 e. The zero-order valence-corrected chi connectivity index (χ0v) is 13.8. The lowest BCUT2D eigenvalue weighted by molar-refractivity contribution is -0.127. The Morgan fingerprint density at radius 3 is 2.67 bits per heavy atom. The van der Waals surface area contributed by atoms with Crippen molar-refractivity contribution in [3.05, 3.63) is 60.0 Å². The SMILES string of the molecule is O=C(c1ccc(F)cc1)N1CCCCC(Sc2ccccn2)C1=O. The van der Waals surface area contributed by atoms with E-state index < -0.39 is 5.82 Å². The molecule has 0 aliphatic carbocycles. The van der Waals surface area contributed by atoms with Crippen LogP contribution in [-0.2, 0) is 4.79 Å². The van der Waals surface area contributed by atoms with Crippen LogP contribution in [0.2, 0.25) is 0 Å². The van der Waals surface area contributed by atoms with Crippen LogP contribution in [0.25, 0.3) is 0 Å². The Hall–Kier alpha value is -2.21. The first-order valence-corrected chi connectivity index (χ1v) is 8.72. The van der Waals surface area contributed by atoms with Crippen molar-refractivity contribution >= 4 is 23.6 Å². The van der Waals surface area contributed by atoms with Crippen LogP contribution in [0.3, 0.4) is 0 Å². The second-order valence-electron chi connectivity index (χ2n) is 5.57. The number of hydrogen-bond donors (Lipinski definition) is 0. The van der Waals surface area contributed by atoms with Crippen LogP contribution >= 0.6 is 11.8 Å². The highest BCUT2D eigenvalue weighted by molar-refractivity contribution is 8.00. The van der Waals surface area contributed by atoms with E-state index in [0.717, 1.165) is 17.9 Å². The van der Waals surface area contributed by atoms with Crippen molar-refractivity contribution < 1.29 is 14.0 Å². The first kappa shape index (κ1) is 16.6. The lowest BCUT2D eigenvalue weighted by atomic mass is 10.2. The predicted molar refractivity (Wildman–Crippen MR) is 90.2 cm³/mol. The van der Waals surface area contributed by atoms with Crippen molar-refractivity contribution in [2.45, 2.75) is 29.5 Å². The molecule has 3 rings (SSSR count). The monoisotopic (exact) mass is 344 g/mol. The highest BCUT2D eigenvalue weighted by Gasteiger charge is 2.32. The van der Waals surface area contributed by atoms with Gasteiger partial charge in [0.2, 0.25) is 5.91 Å². The second-order valence-corrected chi connectivity index (χ2v) is 6.80. The summed E-state index contributed by atoms with van der Waals surface area (Å²) in [5, 5.41) is 0.443. The summed E-state index contributed by atoms with van der Waals surface area (Å²) in [6, 6.07) is 10.8. The molecule has 0 bridgehead atoms. The van der Waals surface area contributed by atoms with Crippen LogP contribution in [0.5, 0.6) is 0 Å². The summed E-state index contributed by atoms with van der Waals surface area (Å²) < 4.78 is 13.0. The molecule has 0 saturated carbocycles. The molecule has 0 spiro atoms. The normalized spacial score (nSPS) is 18.3. The minimum absolute atomic E-state index is 0.197. The van der Waals surface area contributed by atoms with Crippen molar-refractivity contribution in [3.63, 3.8) is 0 Å². The number of amides is 2. The summed E-state index contributed by atoms with van der Waals surface area (Å²) in [4.78, 5) is 31.0. The van der Waals surface area contributed by atoms with Gasteiger partial charge in [0.1, 0.15) is 5.82 Å². The average Bonchev–Trinajstić information content (AvgIpc) is 2.78. The lowest BCUT2D eigenvalue weighted by Crippen LogP contribution is -2.41. The Labute approximate surface area is 144 Å². The van der Waals surface area contributed by atoms with Gasteiger partial charge in [-0.25, -0.2) is 9.37 Å². The van der Waals surface area contributed by atoms with E-state index in [2.05, 4.69) is 4.98 Å². The number of likely N-dealkylation sites (tertiary alicyclic amines) is 1. The molecule has 124 valence electrons. The number of halogens is 1. The van der Waals surface area contributed by atoms with E-state index in [0.29, 0.717) is 18.5 Å². The van der Waals surface area contributed by atoms with E-state index in [-0.39, 0.29) is 17.1 Å². The summed E-state index contributed by atoms with van der Waals surface area (Å²) in [6.45, 7) is 0.397. The van der Waals surface area contributed by atoms with Gasteiger partial charge in [-0.15, -0.1) is 0 Å². The summed E-state index contributed by atoms with van der Waals surface area (Å²) in [6.07, 6.45) is 4.06. The quantitative estimate of drug-likeness (QED) is 0.799. The molecule has 1 aliphatic heterocycles. The van der Waals surface area contributed by atoms with Crippen molar-refractivity contribution in [3.8, 4) is 0 Å². The third kappa shape index (κ3) is 3.82. The molecular formula is C18H17FN2O2S. The topological polar surface area (TPSA) is 50.3 Å². The van der Waals surface area contributed by atoms with Crippen LogP contribution in [0.15, 0.2) is 53.7 Å². The molecule has 1 saturated heterocycles. The number of carbonyl (C=O) groups excluding carboxylic acids is 2. The van der Waals surface area contributed by atoms with Crippen LogP contribution in [0.1, 0.15) is 29.6 Å². The highest BCUT2D eigenvalue weighted by atomic mass is 32.2. The number of imide groups is 1. The Morgan fingerprint density at radius 2 is 1.96 bits per heavy atom. The molecule has 2 heterocycles. The van der Waals surface area contributed by atoms with Crippen LogP contribution < -0.4 is 0 Å². The standard InChI is InChI=1S/C18H17FN2O2S/c19-14-9-7-13(8-10-14)17(22)21-12-4-2-5-15(18(21)23)24-16-6-1-3-11-20-16/h1,3,6-11,15H,2,4-5,12H2. The first-order valence-electron chi connectivity index (χ1n) is 7.84. The summed E-state index contributed by atoms with van der Waals surface area (Å²) in [5.41, 5.74) is 0.327. The predicted octanol–water partition coefficient (Wildman–Crippen LogP) is 3.53. The summed E-state index contributed by atoms with van der Waals surface area (Å²) in [5.74, 6) is -0.969. The molecule has 0 N–H and O–H groups in total. The molecule has 1 fully saturated rings. The molecular weight excluding hydrogens is 327 g/mol. The van der Waals surface area contributed by atoms with E-state index >= 15 is 0 Å². The Morgan fingerprint density at radius 1 is 1.17 bits per heavy atom. The Kier molecular flexibility index (Phi) is 5.25. The number of nitrogens with zero attached hydrogens (tertiary/aromatic N) is 2. The van der Waals surface area contributed by atoms with E-state index in [1.54, 1.807) is 6.20 Å². The van der Waals surface area contributed by atoms with E-state index in [1.165, 1.54) is 40.9 Å². The molecule has 1 aromatic heterocycles. The maximum Gasteiger partial charge on any atom is 0.260 e. The van der Waals surface area contributed by atoms with Crippen molar-refractivity contribution in [1.29, 1.82) is 0 Å². The number of benzene rings is 1.